The van der Waals surface area contributed by atoms with Crippen molar-refractivity contribution in [2.75, 3.05) is 14.2 Å². The van der Waals surface area contributed by atoms with Crippen LogP contribution in [0.25, 0.3) is 0 Å². The summed E-state index contributed by atoms with van der Waals surface area (Å²) < 4.78 is 10.7. The average Bonchev–Trinajstić information content (AvgIpc) is 2.46. The van der Waals surface area contributed by atoms with Crippen molar-refractivity contribution >= 4 is 15.9 Å². The van der Waals surface area contributed by atoms with E-state index in [1.54, 1.807) is 14.2 Å². The van der Waals surface area contributed by atoms with Crippen LogP contribution in [0.2, 0.25) is 0 Å². The van der Waals surface area contributed by atoms with Gasteiger partial charge in [0.05, 0.1) is 19.0 Å². The normalized spacial score (nSPS) is 12.0. The molecule has 0 heterocycles. The van der Waals surface area contributed by atoms with Gasteiger partial charge in [-0.2, -0.15) is 0 Å². The van der Waals surface area contributed by atoms with Gasteiger partial charge in [-0.3, -0.25) is 0 Å². The van der Waals surface area contributed by atoms with Crippen LogP contribution >= 0.6 is 15.9 Å². The van der Waals surface area contributed by atoms with Crippen molar-refractivity contribution < 1.29 is 9.47 Å². The highest BCUT2D eigenvalue weighted by Crippen LogP contribution is 2.39. The van der Waals surface area contributed by atoms with Gasteiger partial charge in [0.25, 0.3) is 0 Å². The van der Waals surface area contributed by atoms with Gasteiger partial charge >= 0.3 is 0 Å². The molecule has 0 spiro atoms. The Labute approximate surface area is 122 Å². The van der Waals surface area contributed by atoms with Gasteiger partial charge in [0.2, 0.25) is 0 Å². The number of ether oxygens (including phenoxy) is 2. The Balaban J connectivity index is 2.48. The number of rotatable bonds is 4. The first-order valence-electron chi connectivity index (χ1n) is 6.09. The number of aryl methyl sites for hydroxylation is 1. The van der Waals surface area contributed by atoms with Crippen molar-refractivity contribution in [3.63, 3.8) is 0 Å². The third-order valence-electron chi connectivity index (χ3n) is 3.17. The zero-order valence-corrected chi connectivity index (χ0v) is 12.9. The van der Waals surface area contributed by atoms with E-state index in [0.29, 0.717) is 0 Å². The lowest BCUT2D eigenvalue weighted by molar-refractivity contribution is 0.399. The molecule has 0 aromatic heterocycles. The second-order valence-corrected chi connectivity index (χ2v) is 5.24. The van der Waals surface area contributed by atoms with E-state index >= 15 is 0 Å². The van der Waals surface area contributed by atoms with Crippen molar-refractivity contribution in [1.29, 1.82) is 0 Å². The van der Waals surface area contributed by atoms with Crippen LogP contribution in [0.15, 0.2) is 42.5 Å². The average molecular weight is 321 g/mol. The maximum atomic E-state index is 5.44. The predicted molar refractivity (Wildman–Crippen MR) is 81.5 cm³/mol. The van der Waals surface area contributed by atoms with E-state index in [4.69, 9.17) is 9.47 Å². The standard InChI is InChI=1S/C16H17BrO2/c1-11-6-4-5-7-13(11)16(17)14-10-12(18-2)8-9-15(14)19-3/h4-10,16H,1-3H3. The summed E-state index contributed by atoms with van der Waals surface area (Å²) >= 11 is 3.76. The summed E-state index contributed by atoms with van der Waals surface area (Å²) in [4.78, 5) is 0.0822. The number of methoxy groups -OCH3 is 2. The van der Waals surface area contributed by atoms with Crippen molar-refractivity contribution in [3.05, 3.63) is 59.2 Å². The molecule has 0 bridgehead atoms. The van der Waals surface area contributed by atoms with Gasteiger partial charge in [-0.1, -0.05) is 40.2 Å². The van der Waals surface area contributed by atoms with Crippen LogP contribution in [0.4, 0.5) is 0 Å². The zero-order valence-electron chi connectivity index (χ0n) is 11.3. The Morgan fingerprint density at radius 3 is 2.32 bits per heavy atom. The lowest BCUT2D eigenvalue weighted by atomic mass is 9.99. The van der Waals surface area contributed by atoms with Gasteiger partial charge in [-0.25, -0.2) is 0 Å². The van der Waals surface area contributed by atoms with Crippen LogP contribution in [0.3, 0.4) is 0 Å². The molecule has 3 heteroatoms. The molecule has 2 aromatic rings. The molecular weight excluding hydrogens is 304 g/mol. The second-order valence-electron chi connectivity index (χ2n) is 4.33. The first kappa shape index (κ1) is 13.9. The number of benzene rings is 2. The largest absolute Gasteiger partial charge is 0.497 e. The number of alkyl halides is 1. The van der Waals surface area contributed by atoms with Gasteiger partial charge in [0.15, 0.2) is 0 Å². The first-order chi connectivity index (χ1) is 9.17. The van der Waals surface area contributed by atoms with Crippen LogP contribution < -0.4 is 9.47 Å². The molecule has 0 aliphatic carbocycles. The molecule has 2 aromatic carbocycles. The second kappa shape index (κ2) is 6.11. The Hall–Kier alpha value is -1.48. The fraction of sp³-hybridized carbons (Fsp3) is 0.250. The Morgan fingerprint density at radius 2 is 1.68 bits per heavy atom. The van der Waals surface area contributed by atoms with Crippen molar-refractivity contribution in [3.8, 4) is 11.5 Å². The molecule has 2 nitrogen and oxygen atoms in total. The Bertz CT molecular complexity index is 566. The number of halogens is 1. The minimum atomic E-state index is 0.0822. The summed E-state index contributed by atoms with van der Waals surface area (Å²) in [6, 6.07) is 14.2. The van der Waals surface area contributed by atoms with Crippen LogP contribution in [0.5, 0.6) is 11.5 Å². The van der Waals surface area contributed by atoms with E-state index in [-0.39, 0.29) is 4.83 Å². The first-order valence-corrected chi connectivity index (χ1v) is 7.00. The van der Waals surface area contributed by atoms with Crippen LogP contribution in [-0.4, -0.2) is 14.2 Å². The lowest BCUT2D eigenvalue weighted by Gasteiger charge is -2.17. The summed E-state index contributed by atoms with van der Waals surface area (Å²) in [6.45, 7) is 2.11. The van der Waals surface area contributed by atoms with Gasteiger partial charge in [0, 0.05) is 5.56 Å². The van der Waals surface area contributed by atoms with Gasteiger partial charge in [-0.05, 0) is 36.2 Å². The van der Waals surface area contributed by atoms with Crippen LogP contribution in [-0.2, 0) is 0 Å². The van der Waals surface area contributed by atoms with E-state index in [1.807, 2.05) is 30.3 Å². The van der Waals surface area contributed by atoms with Gasteiger partial charge < -0.3 is 9.47 Å². The molecular formula is C16H17BrO2. The molecule has 0 fully saturated rings. The summed E-state index contributed by atoms with van der Waals surface area (Å²) in [6.07, 6.45) is 0. The van der Waals surface area contributed by atoms with Gasteiger partial charge in [-0.15, -0.1) is 0 Å². The summed E-state index contributed by atoms with van der Waals surface area (Å²) in [5, 5.41) is 0. The molecule has 1 atom stereocenters. The van der Waals surface area contributed by atoms with Gasteiger partial charge in [0.1, 0.15) is 11.5 Å². The van der Waals surface area contributed by atoms with E-state index in [9.17, 15) is 0 Å². The fourth-order valence-corrected chi connectivity index (χ4v) is 2.95. The van der Waals surface area contributed by atoms with Crippen LogP contribution in [0.1, 0.15) is 21.5 Å². The van der Waals surface area contributed by atoms with Crippen molar-refractivity contribution in [2.24, 2.45) is 0 Å². The van der Waals surface area contributed by atoms with E-state index < -0.39 is 0 Å². The molecule has 0 saturated heterocycles. The lowest BCUT2D eigenvalue weighted by Crippen LogP contribution is -1.99. The summed E-state index contributed by atoms with van der Waals surface area (Å²) in [5.74, 6) is 1.68. The minimum absolute atomic E-state index is 0.0822. The topological polar surface area (TPSA) is 18.5 Å². The molecule has 0 N–H and O–H groups in total. The van der Waals surface area contributed by atoms with Crippen molar-refractivity contribution in [1.82, 2.24) is 0 Å². The monoisotopic (exact) mass is 320 g/mol. The SMILES string of the molecule is COc1ccc(OC)c(C(Br)c2ccccc2C)c1. The molecule has 0 aliphatic heterocycles. The fourth-order valence-electron chi connectivity index (χ4n) is 2.08. The molecule has 1 unspecified atom stereocenters. The number of hydrogen-bond donors (Lipinski definition) is 0. The molecule has 0 saturated carbocycles. The maximum absolute atomic E-state index is 5.44. The zero-order chi connectivity index (χ0) is 13.8. The van der Waals surface area contributed by atoms with E-state index in [0.717, 1.165) is 17.1 Å². The molecule has 19 heavy (non-hydrogen) atoms. The highest BCUT2D eigenvalue weighted by molar-refractivity contribution is 9.09. The van der Waals surface area contributed by atoms with Crippen LogP contribution in [0, 0.1) is 6.92 Å². The number of hydrogen-bond acceptors (Lipinski definition) is 2. The highest BCUT2D eigenvalue weighted by Gasteiger charge is 2.17. The molecule has 2 rings (SSSR count). The summed E-state index contributed by atoms with van der Waals surface area (Å²) in [7, 11) is 3.35. The Kier molecular flexibility index (Phi) is 4.48. The van der Waals surface area contributed by atoms with Crippen molar-refractivity contribution in [2.45, 2.75) is 11.8 Å². The molecule has 0 aliphatic rings. The highest BCUT2D eigenvalue weighted by atomic mass is 79.9. The van der Waals surface area contributed by atoms with E-state index in [1.165, 1.54) is 11.1 Å². The molecule has 100 valence electrons. The Morgan fingerprint density at radius 1 is 0.947 bits per heavy atom. The molecule has 0 radical (unpaired) electrons. The third-order valence-corrected chi connectivity index (χ3v) is 4.16. The quantitative estimate of drug-likeness (QED) is 0.772. The maximum Gasteiger partial charge on any atom is 0.123 e. The predicted octanol–water partition coefficient (Wildman–Crippen LogP) is 4.50. The van der Waals surface area contributed by atoms with E-state index in [2.05, 4.69) is 35.0 Å². The third kappa shape index (κ3) is 2.92. The summed E-state index contributed by atoms with van der Waals surface area (Å²) in [5.41, 5.74) is 3.54. The smallest absolute Gasteiger partial charge is 0.123 e. The minimum Gasteiger partial charge on any atom is -0.497 e. The molecule has 0 amide bonds.